The monoisotopic (exact) mass is 293 g/mol. The average molecular weight is 294 g/mol. The SMILES string of the molecule is CCn1cc(C)nc1Nc1cccc(C)c1Br. The number of aryl methyl sites for hydroxylation is 3. The van der Waals surface area contributed by atoms with E-state index in [2.05, 4.69) is 50.7 Å². The number of benzene rings is 1. The molecule has 0 bridgehead atoms. The van der Waals surface area contributed by atoms with Crippen LogP contribution >= 0.6 is 15.9 Å². The number of nitrogens with zero attached hydrogens (tertiary/aromatic N) is 2. The van der Waals surface area contributed by atoms with Crippen LogP contribution in [0.25, 0.3) is 0 Å². The fourth-order valence-electron chi connectivity index (χ4n) is 1.75. The van der Waals surface area contributed by atoms with Crippen LogP contribution in [0, 0.1) is 13.8 Å². The fourth-order valence-corrected chi connectivity index (χ4v) is 2.12. The summed E-state index contributed by atoms with van der Waals surface area (Å²) in [6.07, 6.45) is 2.05. The first-order chi connectivity index (χ1) is 8.11. The van der Waals surface area contributed by atoms with Crippen molar-refractivity contribution in [3.8, 4) is 0 Å². The first-order valence-corrected chi connectivity index (χ1v) is 6.47. The summed E-state index contributed by atoms with van der Waals surface area (Å²) < 4.78 is 3.19. The third kappa shape index (κ3) is 2.52. The molecule has 0 radical (unpaired) electrons. The number of aromatic nitrogens is 2. The zero-order chi connectivity index (χ0) is 12.4. The van der Waals surface area contributed by atoms with Crippen molar-refractivity contribution in [2.45, 2.75) is 27.3 Å². The lowest BCUT2D eigenvalue weighted by Crippen LogP contribution is -2.02. The van der Waals surface area contributed by atoms with Gasteiger partial charge in [-0.25, -0.2) is 4.98 Å². The molecule has 2 rings (SSSR count). The predicted octanol–water partition coefficient (Wildman–Crippen LogP) is 4.03. The molecule has 0 aliphatic carbocycles. The summed E-state index contributed by atoms with van der Waals surface area (Å²) in [4.78, 5) is 4.48. The van der Waals surface area contributed by atoms with Crippen LogP contribution in [0.2, 0.25) is 0 Å². The quantitative estimate of drug-likeness (QED) is 0.926. The third-order valence-corrected chi connectivity index (χ3v) is 3.73. The first kappa shape index (κ1) is 12.2. The highest BCUT2D eigenvalue weighted by Crippen LogP contribution is 2.28. The van der Waals surface area contributed by atoms with Gasteiger partial charge >= 0.3 is 0 Å². The fraction of sp³-hybridized carbons (Fsp3) is 0.308. The minimum Gasteiger partial charge on any atom is -0.325 e. The number of anilines is 2. The smallest absolute Gasteiger partial charge is 0.207 e. The van der Waals surface area contributed by atoms with E-state index in [1.807, 2.05) is 25.3 Å². The zero-order valence-electron chi connectivity index (χ0n) is 10.3. The Hall–Kier alpha value is -1.29. The Bertz CT molecular complexity index is 531. The van der Waals surface area contributed by atoms with Crippen LogP contribution in [-0.4, -0.2) is 9.55 Å². The summed E-state index contributed by atoms with van der Waals surface area (Å²) in [6, 6.07) is 6.16. The third-order valence-electron chi connectivity index (χ3n) is 2.68. The Morgan fingerprint density at radius 2 is 2.12 bits per heavy atom. The van der Waals surface area contributed by atoms with Crippen LogP contribution in [0.1, 0.15) is 18.2 Å². The molecule has 4 heteroatoms. The van der Waals surface area contributed by atoms with Crippen LogP contribution < -0.4 is 5.32 Å². The number of nitrogens with one attached hydrogen (secondary N) is 1. The molecular formula is C13H16BrN3. The molecule has 0 saturated carbocycles. The number of hydrogen-bond acceptors (Lipinski definition) is 2. The summed E-state index contributed by atoms with van der Waals surface area (Å²) in [5.74, 6) is 0.885. The Balaban J connectivity index is 2.34. The van der Waals surface area contributed by atoms with Gasteiger partial charge in [0.05, 0.1) is 11.4 Å². The van der Waals surface area contributed by atoms with Gasteiger partial charge in [-0.1, -0.05) is 12.1 Å². The second-order valence-corrected chi connectivity index (χ2v) is 4.85. The van der Waals surface area contributed by atoms with E-state index in [1.54, 1.807) is 0 Å². The number of rotatable bonds is 3. The Labute approximate surface area is 110 Å². The molecule has 90 valence electrons. The molecule has 1 heterocycles. The second-order valence-electron chi connectivity index (χ2n) is 4.05. The van der Waals surface area contributed by atoms with Crippen molar-refractivity contribution in [1.29, 1.82) is 0 Å². The molecule has 2 aromatic rings. The van der Waals surface area contributed by atoms with Crippen molar-refractivity contribution < 1.29 is 0 Å². The van der Waals surface area contributed by atoms with E-state index in [0.717, 1.165) is 28.3 Å². The van der Waals surface area contributed by atoms with Gasteiger partial charge in [-0.15, -0.1) is 0 Å². The molecule has 0 aliphatic heterocycles. The highest BCUT2D eigenvalue weighted by Gasteiger charge is 2.07. The minimum atomic E-state index is 0.885. The molecular weight excluding hydrogens is 278 g/mol. The van der Waals surface area contributed by atoms with Crippen molar-refractivity contribution in [3.05, 3.63) is 40.1 Å². The number of hydrogen-bond donors (Lipinski definition) is 1. The van der Waals surface area contributed by atoms with Crippen LogP contribution in [-0.2, 0) is 6.54 Å². The van der Waals surface area contributed by atoms with Gasteiger partial charge in [0.2, 0.25) is 5.95 Å². The summed E-state index contributed by atoms with van der Waals surface area (Å²) in [5.41, 5.74) is 3.28. The highest BCUT2D eigenvalue weighted by molar-refractivity contribution is 9.10. The molecule has 3 nitrogen and oxygen atoms in total. The summed E-state index contributed by atoms with van der Waals surface area (Å²) in [6.45, 7) is 7.10. The summed E-state index contributed by atoms with van der Waals surface area (Å²) in [5, 5.41) is 3.36. The van der Waals surface area contributed by atoms with E-state index in [4.69, 9.17) is 0 Å². The van der Waals surface area contributed by atoms with Gasteiger partial charge < -0.3 is 9.88 Å². The van der Waals surface area contributed by atoms with Crippen molar-refractivity contribution in [2.24, 2.45) is 0 Å². The molecule has 1 aromatic heterocycles. The minimum absolute atomic E-state index is 0.885. The standard InChI is InChI=1S/C13H16BrN3/c1-4-17-8-10(3)15-13(17)16-11-7-5-6-9(2)12(11)14/h5-8H,4H2,1-3H3,(H,15,16). The van der Waals surface area contributed by atoms with Gasteiger partial charge in [0.1, 0.15) is 0 Å². The lowest BCUT2D eigenvalue weighted by atomic mass is 10.2. The van der Waals surface area contributed by atoms with Crippen LogP contribution in [0.4, 0.5) is 11.6 Å². The lowest BCUT2D eigenvalue weighted by molar-refractivity contribution is 0.771. The molecule has 17 heavy (non-hydrogen) atoms. The van der Waals surface area contributed by atoms with Crippen molar-refractivity contribution in [1.82, 2.24) is 9.55 Å². The largest absolute Gasteiger partial charge is 0.325 e. The van der Waals surface area contributed by atoms with Crippen LogP contribution in [0.15, 0.2) is 28.9 Å². The van der Waals surface area contributed by atoms with Crippen molar-refractivity contribution >= 4 is 27.6 Å². The topological polar surface area (TPSA) is 29.9 Å². The second kappa shape index (κ2) is 4.92. The molecule has 0 unspecified atom stereocenters. The van der Waals surface area contributed by atoms with Gasteiger partial charge in [0.25, 0.3) is 0 Å². The van der Waals surface area contributed by atoms with Gasteiger partial charge in [-0.2, -0.15) is 0 Å². The normalized spacial score (nSPS) is 10.6. The highest BCUT2D eigenvalue weighted by atomic mass is 79.9. The van der Waals surface area contributed by atoms with Gasteiger partial charge in [0, 0.05) is 17.2 Å². The van der Waals surface area contributed by atoms with E-state index in [9.17, 15) is 0 Å². The molecule has 1 aromatic carbocycles. The Kier molecular flexibility index (Phi) is 3.52. The molecule has 0 saturated heterocycles. The average Bonchev–Trinajstić information content (AvgIpc) is 2.65. The summed E-state index contributed by atoms with van der Waals surface area (Å²) >= 11 is 3.59. The van der Waals surface area contributed by atoms with Gasteiger partial charge in [0.15, 0.2) is 0 Å². The van der Waals surface area contributed by atoms with E-state index < -0.39 is 0 Å². The first-order valence-electron chi connectivity index (χ1n) is 5.67. The zero-order valence-corrected chi connectivity index (χ0v) is 11.9. The Morgan fingerprint density at radius 3 is 2.82 bits per heavy atom. The summed E-state index contributed by atoms with van der Waals surface area (Å²) in [7, 11) is 0. The molecule has 0 amide bonds. The maximum atomic E-state index is 4.48. The number of halogens is 1. The van der Waals surface area contributed by atoms with E-state index in [-0.39, 0.29) is 0 Å². The Morgan fingerprint density at radius 1 is 1.35 bits per heavy atom. The molecule has 0 fully saturated rings. The molecule has 0 atom stereocenters. The van der Waals surface area contributed by atoms with E-state index >= 15 is 0 Å². The maximum absolute atomic E-state index is 4.48. The molecule has 0 spiro atoms. The maximum Gasteiger partial charge on any atom is 0.207 e. The van der Waals surface area contributed by atoms with Crippen LogP contribution in [0.3, 0.4) is 0 Å². The lowest BCUT2D eigenvalue weighted by Gasteiger charge is -2.10. The molecule has 0 aliphatic rings. The van der Waals surface area contributed by atoms with E-state index in [1.165, 1.54) is 5.56 Å². The van der Waals surface area contributed by atoms with Gasteiger partial charge in [-0.3, -0.25) is 0 Å². The number of imidazole rings is 1. The van der Waals surface area contributed by atoms with Gasteiger partial charge in [-0.05, 0) is 48.3 Å². The van der Waals surface area contributed by atoms with Crippen molar-refractivity contribution in [3.63, 3.8) is 0 Å². The van der Waals surface area contributed by atoms with E-state index in [0.29, 0.717) is 0 Å². The molecule has 1 N–H and O–H groups in total. The predicted molar refractivity (Wildman–Crippen MR) is 74.8 cm³/mol. The van der Waals surface area contributed by atoms with Crippen molar-refractivity contribution in [2.75, 3.05) is 5.32 Å². The van der Waals surface area contributed by atoms with Crippen LogP contribution in [0.5, 0.6) is 0 Å².